The van der Waals surface area contributed by atoms with Crippen molar-refractivity contribution in [2.75, 3.05) is 0 Å². The van der Waals surface area contributed by atoms with Gasteiger partial charge in [0.25, 0.3) is 11.6 Å². The van der Waals surface area contributed by atoms with Gasteiger partial charge in [-0.1, -0.05) is 24.3 Å². The van der Waals surface area contributed by atoms with Crippen molar-refractivity contribution in [3.63, 3.8) is 0 Å². The average molecular weight is 324 g/mol. The maximum Gasteiger partial charge on any atom is 0.269 e. The van der Waals surface area contributed by atoms with Crippen LogP contribution in [0.1, 0.15) is 15.9 Å². The molecule has 7 heteroatoms. The van der Waals surface area contributed by atoms with Crippen molar-refractivity contribution < 1.29 is 14.8 Å². The minimum atomic E-state index is -0.574. The summed E-state index contributed by atoms with van der Waals surface area (Å²) in [6, 6.07) is 11.0. The lowest BCUT2D eigenvalue weighted by Crippen LogP contribution is -2.23. The molecule has 0 aliphatic rings. The van der Waals surface area contributed by atoms with Gasteiger partial charge in [0.05, 0.1) is 10.5 Å². The summed E-state index contributed by atoms with van der Waals surface area (Å²) in [4.78, 5) is 22.6. The number of non-ortho nitro benzene ring substituents is 1. The van der Waals surface area contributed by atoms with Gasteiger partial charge < -0.3 is 15.0 Å². The average Bonchev–Trinajstić information content (AvgIpc) is 2.91. The van der Waals surface area contributed by atoms with E-state index in [1.165, 1.54) is 6.07 Å². The number of hydrogen-bond acceptors (Lipinski definition) is 4. The zero-order chi connectivity index (χ0) is 17.3. The fourth-order valence-electron chi connectivity index (χ4n) is 2.61. The molecule has 122 valence electrons. The predicted molar refractivity (Wildman–Crippen MR) is 86.6 cm³/mol. The lowest BCUT2D eigenvalue weighted by atomic mass is 10.1. The molecule has 24 heavy (non-hydrogen) atoms. The van der Waals surface area contributed by atoms with Gasteiger partial charge in [0, 0.05) is 42.8 Å². The van der Waals surface area contributed by atoms with Crippen molar-refractivity contribution in [1.29, 1.82) is 0 Å². The maximum absolute atomic E-state index is 12.4. The molecule has 0 spiro atoms. The summed E-state index contributed by atoms with van der Waals surface area (Å²) in [6.07, 6.45) is 1.71. The number of para-hydroxylation sites is 1. The summed E-state index contributed by atoms with van der Waals surface area (Å²) in [5.41, 5.74) is 1.41. The van der Waals surface area contributed by atoms with Gasteiger partial charge in [-0.15, -0.1) is 5.75 Å². The molecule has 0 bridgehead atoms. The molecule has 0 aliphatic carbocycles. The number of fused-ring (bicyclic) bond motifs is 1. The Labute approximate surface area is 137 Å². The Bertz CT molecular complexity index is 946. The highest BCUT2D eigenvalue weighted by atomic mass is 16.6. The van der Waals surface area contributed by atoms with Crippen LogP contribution in [0.4, 0.5) is 5.69 Å². The van der Waals surface area contributed by atoms with E-state index in [-0.39, 0.29) is 29.5 Å². The van der Waals surface area contributed by atoms with E-state index in [0.29, 0.717) is 5.56 Å². The molecule has 7 nitrogen and oxygen atoms in total. The van der Waals surface area contributed by atoms with Gasteiger partial charge in [0.2, 0.25) is 0 Å². The molecule has 0 unspecified atom stereocenters. The number of hydrogen-bond donors (Lipinski definition) is 1. The molecule has 1 heterocycles. The van der Waals surface area contributed by atoms with E-state index in [9.17, 15) is 20.0 Å². The van der Waals surface area contributed by atoms with E-state index in [4.69, 9.17) is 0 Å². The van der Waals surface area contributed by atoms with Crippen LogP contribution < -0.4 is 10.4 Å². The van der Waals surface area contributed by atoms with Crippen LogP contribution in [0.3, 0.4) is 0 Å². The maximum atomic E-state index is 12.4. The molecule has 1 aromatic heterocycles. The minimum Gasteiger partial charge on any atom is -0.872 e. The molecular weight excluding hydrogens is 310 g/mol. The third-order valence-electron chi connectivity index (χ3n) is 3.84. The number of amides is 1. The molecule has 0 saturated carbocycles. The van der Waals surface area contributed by atoms with Gasteiger partial charge in [0.15, 0.2) is 0 Å². The Morgan fingerprint density at radius 3 is 2.75 bits per heavy atom. The first-order valence-corrected chi connectivity index (χ1v) is 7.24. The number of carbonyl (C=O) groups excluding carboxylic acids is 1. The largest absolute Gasteiger partial charge is 0.872 e. The molecule has 2 aromatic carbocycles. The molecular formula is C17H14N3O4-. The number of rotatable bonds is 4. The highest BCUT2D eigenvalue weighted by Crippen LogP contribution is 2.22. The molecule has 0 atom stereocenters. The fourth-order valence-corrected chi connectivity index (χ4v) is 2.61. The number of benzene rings is 2. The second-order valence-corrected chi connectivity index (χ2v) is 5.40. The number of nitro groups is 1. The smallest absolute Gasteiger partial charge is 0.269 e. The highest BCUT2D eigenvalue weighted by Gasteiger charge is 2.14. The summed E-state index contributed by atoms with van der Waals surface area (Å²) < 4.78 is 1.84. The lowest BCUT2D eigenvalue weighted by molar-refractivity contribution is -0.385. The molecule has 0 fully saturated rings. The SMILES string of the molecule is Cn1cc(C(=O)NCc2cc([N+](=O)[O-])ccc2[O-])c2ccccc21. The summed E-state index contributed by atoms with van der Waals surface area (Å²) in [5, 5.41) is 26.0. The van der Waals surface area contributed by atoms with Crippen LogP contribution in [0.2, 0.25) is 0 Å². The van der Waals surface area contributed by atoms with E-state index < -0.39 is 4.92 Å². The summed E-state index contributed by atoms with van der Waals surface area (Å²) in [7, 11) is 1.84. The van der Waals surface area contributed by atoms with Crippen molar-refractivity contribution in [3.8, 4) is 5.75 Å². The summed E-state index contributed by atoms with van der Waals surface area (Å²) in [6.45, 7) is -0.0669. The Morgan fingerprint density at radius 2 is 2.00 bits per heavy atom. The predicted octanol–water partition coefficient (Wildman–Crippen LogP) is 2.09. The van der Waals surface area contributed by atoms with Crippen LogP contribution in [-0.2, 0) is 13.6 Å². The monoisotopic (exact) mass is 324 g/mol. The highest BCUT2D eigenvalue weighted by molar-refractivity contribution is 6.06. The van der Waals surface area contributed by atoms with Crippen molar-refractivity contribution >= 4 is 22.5 Å². The number of nitro benzene ring substituents is 1. The molecule has 0 aliphatic heterocycles. The quantitative estimate of drug-likeness (QED) is 0.586. The van der Waals surface area contributed by atoms with Gasteiger partial charge in [-0.25, -0.2) is 0 Å². The van der Waals surface area contributed by atoms with Crippen molar-refractivity contribution in [1.82, 2.24) is 9.88 Å². The van der Waals surface area contributed by atoms with E-state index >= 15 is 0 Å². The number of aromatic nitrogens is 1. The third kappa shape index (κ3) is 2.79. The Balaban J connectivity index is 1.83. The van der Waals surface area contributed by atoms with Gasteiger partial charge in [-0.05, 0) is 11.6 Å². The number of nitrogens with one attached hydrogen (secondary N) is 1. The first kappa shape index (κ1) is 15.5. The molecule has 0 saturated heterocycles. The van der Waals surface area contributed by atoms with E-state index in [2.05, 4.69) is 5.32 Å². The van der Waals surface area contributed by atoms with Crippen LogP contribution in [0.15, 0.2) is 48.7 Å². The van der Waals surface area contributed by atoms with Crippen LogP contribution in [0.5, 0.6) is 5.75 Å². The lowest BCUT2D eigenvalue weighted by Gasteiger charge is -2.13. The Kier molecular flexibility index (Phi) is 3.91. The van der Waals surface area contributed by atoms with E-state index in [1.807, 2.05) is 35.9 Å². The normalized spacial score (nSPS) is 10.7. The fraction of sp³-hybridized carbons (Fsp3) is 0.118. The van der Waals surface area contributed by atoms with Crippen molar-refractivity contribution in [2.45, 2.75) is 6.54 Å². The first-order valence-electron chi connectivity index (χ1n) is 7.24. The van der Waals surface area contributed by atoms with Gasteiger partial charge in [-0.2, -0.15) is 0 Å². The van der Waals surface area contributed by atoms with Gasteiger partial charge in [-0.3, -0.25) is 14.9 Å². The van der Waals surface area contributed by atoms with Crippen LogP contribution in [0, 0.1) is 10.1 Å². The van der Waals surface area contributed by atoms with Crippen molar-refractivity contribution in [2.24, 2.45) is 7.05 Å². The second-order valence-electron chi connectivity index (χ2n) is 5.40. The van der Waals surface area contributed by atoms with Gasteiger partial charge >= 0.3 is 0 Å². The minimum absolute atomic E-state index is 0.0669. The van der Waals surface area contributed by atoms with E-state index in [0.717, 1.165) is 23.0 Å². The molecule has 0 radical (unpaired) electrons. The molecule has 3 aromatic rings. The van der Waals surface area contributed by atoms with Crippen LogP contribution in [0.25, 0.3) is 10.9 Å². The number of aryl methyl sites for hydroxylation is 1. The topological polar surface area (TPSA) is 100 Å². The standard InChI is InChI=1S/C17H15N3O4/c1-19-10-14(13-4-2-3-5-15(13)19)17(22)18-9-11-8-12(20(23)24)6-7-16(11)21/h2-8,10,21H,9H2,1H3,(H,18,22)/p-1. The number of nitrogens with zero attached hydrogens (tertiary/aromatic N) is 2. The number of carbonyl (C=O) groups is 1. The molecule has 1 N–H and O–H groups in total. The van der Waals surface area contributed by atoms with E-state index in [1.54, 1.807) is 6.20 Å². The molecule has 1 amide bonds. The second kappa shape index (κ2) is 6.04. The van der Waals surface area contributed by atoms with Crippen LogP contribution >= 0.6 is 0 Å². The first-order chi connectivity index (χ1) is 11.5. The van der Waals surface area contributed by atoms with Crippen molar-refractivity contribution in [3.05, 3.63) is 69.9 Å². The molecule has 3 rings (SSSR count). The Hall–Kier alpha value is -3.35. The zero-order valence-electron chi connectivity index (χ0n) is 12.9. The summed E-state index contributed by atoms with van der Waals surface area (Å²) in [5.74, 6) is -0.684. The summed E-state index contributed by atoms with van der Waals surface area (Å²) >= 11 is 0. The Morgan fingerprint density at radius 1 is 1.25 bits per heavy atom. The third-order valence-corrected chi connectivity index (χ3v) is 3.84. The van der Waals surface area contributed by atoms with Crippen LogP contribution in [-0.4, -0.2) is 15.4 Å². The van der Waals surface area contributed by atoms with Gasteiger partial charge in [0.1, 0.15) is 0 Å². The zero-order valence-corrected chi connectivity index (χ0v) is 12.9.